The molecule has 1 aliphatic heterocycles. The first-order valence-corrected chi connectivity index (χ1v) is 9.93. The number of amides is 1. The van der Waals surface area contributed by atoms with Gasteiger partial charge in [-0.3, -0.25) is 9.48 Å². The number of hydrogen-bond donors (Lipinski definition) is 0. The molecule has 0 unspecified atom stereocenters. The molecular formula is C23H27N3O. The molecule has 1 aromatic heterocycles. The molecule has 1 saturated heterocycles. The average molecular weight is 361 g/mol. The lowest BCUT2D eigenvalue weighted by Gasteiger charge is -2.32. The second-order valence-corrected chi connectivity index (χ2v) is 7.69. The van der Waals surface area contributed by atoms with Crippen LogP contribution < -0.4 is 0 Å². The van der Waals surface area contributed by atoms with E-state index in [1.165, 1.54) is 11.1 Å². The predicted molar refractivity (Wildman–Crippen MR) is 109 cm³/mol. The summed E-state index contributed by atoms with van der Waals surface area (Å²) in [5.74, 6) is 0.943. The van der Waals surface area contributed by atoms with Crippen LogP contribution in [0.15, 0.2) is 54.7 Å². The smallest absolute Gasteiger partial charge is 0.224 e. The molecule has 4 rings (SSSR count). The molecule has 1 aliphatic rings. The first-order valence-electron chi connectivity index (χ1n) is 9.93. The second kappa shape index (κ2) is 7.95. The van der Waals surface area contributed by atoms with E-state index in [0.29, 0.717) is 18.9 Å². The Labute approximate surface area is 160 Å². The minimum absolute atomic E-state index is 0.254. The first kappa shape index (κ1) is 17.8. The van der Waals surface area contributed by atoms with Crippen molar-refractivity contribution in [3.05, 3.63) is 65.9 Å². The molecule has 2 heterocycles. The zero-order valence-corrected chi connectivity index (χ0v) is 16.0. The molecule has 27 heavy (non-hydrogen) atoms. The van der Waals surface area contributed by atoms with Crippen LogP contribution in [-0.2, 0) is 17.8 Å². The lowest BCUT2D eigenvalue weighted by Crippen LogP contribution is -2.39. The molecule has 4 heteroatoms. The Morgan fingerprint density at radius 1 is 1.11 bits per heavy atom. The third kappa shape index (κ3) is 4.21. The lowest BCUT2D eigenvalue weighted by atomic mass is 9.90. The SMILES string of the molecule is Cc1ccc2cnn(CCC(=O)N3CCC(Cc4ccccc4)CC3)c2c1. The highest BCUT2D eigenvalue weighted by Gasteiger charge is 2.22. The van der Waals surface area contributed by atoms with Gasteiger partial charge in [-0.05, 0) is 49.3 Å². The van der Waals surface area contributed by atoms with E-state index in [4.69, 9.17) is 0 Å². The highest BCUT2D eigenvalue weighted by molar-refractivity contribution is 5.80. The van der Waals surface area contributed by atoms with Crippen molar-refractivity contribution in [3.63, 3.8) is 0 Å². The molecule has 0 atom stereocenters. The fourth-order valence-electron chi connectivity index (χ4n) is 4.05. The van der Waals surface area contributed by atoms with Crippen molar-refractivity contribution in [3.8, 4) is 0 Å². The Balaban J connectivity index is 1.28. The molecule has 4 nitrogen and oxygen atoms in total. The largest absolute Gasteiger partial charge is 0.343 e. The number of hydrogen-bond acceptors (Lipinski definition) is 2. The van der Waals surface area contributed by atoms with Gasteiger partial charge < -0.3 is 4.90 Å². The Morgan fingerprint density at radius 2 is 1.89 bits per heavy atom. The second-order valence-electron chi connectivity index (χ2n) is 7.69. The summed E-state index contributed by atoms with van der Waals surface area (Å²) in [4.78, 5) is 14.7. The van der Waals surface area contributed by atoms with E-state index in [1.54, 1.807) is 0 Å². The average Bonchev–Trinajstić information content (AvgIpc) is 3.09. The molecule has 0 radical (unpaired) electrons. The Hall–Kier alpha value is -2.62. The molecule has 0 N–H and O–H groups in total. The van der Waals surface area contributed by atoms with E-state index in [-0.39, 0.29) is 5.91 Å². The summed E-state index contributed by atoms with van der Waals surface area (Å²) in [6.45, 7) is 4.50. The number of rotatable bonds is 5. The van der Waals surface area contributed by atoms with Gasteiger partial charge in [-0.15, -0.1) is 0 Å². The van der Waals surface area contributed by atoms with E-state index >= 15 is 0 Å². The Kier molecular flexibility index (Phi) is 5.23. The van der Waals surface area contributed by atoms with Gasteiger partial charge in [-0.2, -0.15) is 5.10 Å². The third-order valence-electron chi connectivity index (χ3n) is 5.67. The summed E-state index contributed by atoms with van der Waals surface area (Å²) in [5, 5.41) is 5.59. The van der Waals surface area contributed by atoms with Crippen molar-refractivity contribution in [2.24, 2.45) is 5.92 Å². The number of nitrogens with zero attached hydrogens (tertiary/aromatic N) is 3. The summed E-state index contributed by atoms with van der Waals surface area (Å²) >= 11 is 0. The van der Waals surface area contributed by atoms with Gasteiger partial charge in [-0.25, -0.2) is 0 Å². The predicted octanol–water partition coefficient (Wildman–Crippen LogP) is 4.22. The zero-order chi connectivity index (χ0) is 18.6. The van der Waals surface area contributed by atoms with Crippen LogP contribution >= 0.6 is 0 Å². The molecule has 0 bridgehead atoms. The molecule has 3 aromatic rings. The number of likely N-dealkylation sites (tertiary alicyclic amines) is 1. The molecule has 0 saturated carbocycles. The fraction of sp³-hybridized carbons (Fsp3) is 0.391. The van der Waals surface area contributed by atoms with Crippen molar-refractivity contribution in [2.75, 3.05) is 13.1 Å². The van der Waals surface area contributed by atoms with E-state index in [2.05, 4.69) is 60.6 Å². The normalized spacial score (nSPS) is 15.4. The van der Waals surface area contributed by atoms with E-state index in [1.807, 2.05) is 15.8 Å². The molecule has 1 amide bonds. The quantitative estimate of drug-likeness (QED) is 0.682. The van der Waals surface area contributed by atoms with Crippen molar-refractivity contribution in [1.29, 1.82) is 0 Å². The summed E-state index contributed by atoms with van der Waals surface area (Å²) < 4.78 is 1.96. The van der Waals surface area contributed by atoms with Crippen LogP contribution in [0, 0.1) is 12.8 Å². The third-order valence-corrected chi connectivity index (χ3v) is 5.67. The van der Waals surface area contributed by atoms with Crippen LogP contribution in [0.4, 0.5) is 0 Å². The van der Waals surface area contributed by atoms with Crippen molar-refractivity contribution in [1.82, 2.24) is 14.7 Å². The molecule has 2 aromatic carbocycles. The maximum absolute atomic E-state index is 12.6. The van der Waals surface area contributed by atoms with Gasteiger partial charge in [0.05, 0.1) is 18.3 Å². The minimum atomic E-state index is 0.254. The van der Waals surface area contributed by atoms with Gasteiger partial charge in [0.25, 0.3) is 0 Å². The van der Waals surface area contributed by atoms with Crippen LogP contribution in [0.2, 0.25) is 0 Å². The van der Waals surface area contributed by atoms with Crippen LogP contribution in [0.25, 0.3) is 10.9 Å². The van der Waals surface area contributed by atoms with Crippen LogP contribution in [0.3, 0.4) is 0 Å². The van der Waals surface area contributed by atoms with Crippen LogP contribution in [0.5, 0.6) is 0 Å². The van der Waals surface area contributed by atoms with Crippen molar-refractivity contribution >= 4 is 16.8 Å². The monoisotopic (exact) mass is 361 g/mol. The summed E-state index contributed by atoms with van der Waals surface area (Å²) in [7, 11) is 0. The maximum Gasteiger partial charge on any atom is 0.224 e. The van der Waals surface area contributed by atoms with Gasteiger partial charge in [0.1, 0.15) is 0 Å². The lowest BCUT2D eigenvalue weighted by molar-refractivity contribution is -0.132. The minimum Gasteiger partial charge on any atom is -0.343 e. The number of fused-ring (bicyclic) bond motifs is 1. The standard InChI is InChI=1S/C23H27N3O/c1-18-7-8-21-17-24-26(22(21)15-18)14-11-23(27)25-12-9-20(10-13-25)16-19-5-3-2-4-6-19/h2-8,15,17,20H,9-14,16H2,1H3. The summed E-state index contributed by atoms with van der Waals surface area (Å²) in [6, 6.07) is 17.0. The summed E-state index contributed by atoms with van der Waals surface area (Å²) in [5.41, 5.74) is 3.74. The number of piperidine rings is 1. The van der Waals surface area contributed by atoms with Gasteiger partial charge in [0.15, 0.2) is 0 Å². The van der Waals surface area contributed by atoms with Crippen LogP contribution in [-0.4, -0.2) is 33.7 Å². The topological polar surface area (TPSA) is 38.1 Å². The Morgan fingerprint density at radius 3 is 2.67 bits per heavy atom. The molecule has 0 aliphatic carbocycles. The number of benzene rings is 2. The molecule has 0 spiro atoms. The number of aryl methyl sites for hydroxylation is 2. The Bertz CT molecular complexity index is 908. The van der Waals surface area contributed by atoms with Crippen molar-refractivity contribution < 1.29 is 4.79 Å². The number of aromatic nitrogens is 2. The highest BCUT2D eigenvalue weighted by Crippen LogP contribution is 2.22. The van der Waals surface area contributed by atoms with E-state index in [0.717, 1.165) is 43.3 Å². The number of carbonyl (C=O) groups excluding carboxylic acids is 1. The molecular weight excluding hydrogens is 334 g/mol. The van der Waals surface area contributed by atoms with Gasteiger partial charge in [-0.1, -0.05) is 42.5 Å². The van der Waals surface area contributed by atoms with Crippen molar-refractivity contribution in [2.45, 2.75) is 39.2 Å². The fourth-order valence-corrected chi connectivity index (χ4v) is 4.05. The van der Waals surface area contributed by atoms with Gasteiger partial charge in [0, 0.05) is 24.9 Å². The first-order chi connectivity index (χ1) is 13.2. The highest BCUT2D eigenvalue weighted by atomic mass is 16.2. The number of carbonyl (C=O) groups is 1. The van der Waals surface area contributed by atoms with Gasteiger partial charge in [0.2, 0.25) is 5.91 Å². The maximum atomic E-state index is 12.6. The zero-order valence-electron chi connectivity index (χ0n) is 16.0. The van der Waals surface area contributed by atoms with E-state index < -0.39 is 0 Å². The van der Waals surface area contributed by atoms with E-state index in [9.17, 15) is 4.79 Å². The summed E-state index contributed by atoms with van der Waals surface area (Å²) in [6.07, 6.45) is 5.74. The van der Waals surface area contributed by atoms with Gasteiger partial charge >= 0.3 is 0 Å². The van der Waals surface area contributed by atoms with Crippen LogP contribution in [0.1, 0.15) is 30.4 Å². The molecule has 140 valence electrons. The molecule has 1 fully saturated rings.